The van der Waals surface area contributed by atoms with Crippen LogP contribution in [0.5, 0.6) is 0 Å². The number of benzene rings is 1. The first-order valence-electron chi connectivity index (χ1n) is 7.88. The van der Waals surface area contributed by atoms with Gasteiger partial charge in [0.25, 0.3) is 0 Å². The maximum Gasteiger partial charge on any atom is 0.211 e. The van der Waals surface area contributed by atoms with Crippen molar-refractivity contribution >= 4 is 33.8 Å². The minimum Gasteiger partial charge on any atom is -0.338 e. The van der Waals surface area contributed by atoms with E-state index in [4.69, 9.17) is 0 Å². The maximum absolute atomic E-state index is 4.62. The molecule has 3 heterocycles. The SMILES string of the molecule is CC(C)c1ccc2[nH]c3nc(SCc4cccnc4)nnc3c2c1. The van der Waals surface area contributed by atoms with E-state index in [1.165, 1.54) is 5.56 Å². The Balaban J connectivity index is 1.67. The highest BCUT2D eigenvalue weighted by molar-refractivity contribution is 7.98. The predicted molar refractivity (Wildman–Crippen MR) is 97.1 cm³/mol. The van der Waals surface area contributed by atoms with E-state index in [1.54, 1.807) is 18.0 Å². The lowest BCUT2D eigenvalue weighted by Gasteiger charge is -2.04. The van der Waals surface area contributed by atoms with Gasteiger partial charge in [-0.3, -0.25) is 4.98 Å². The number of nitrogens with one attached hydrogen (secondary N) is 1. The summed E-state index contributed by atoms with van der Waals surface area (Å²) in [7, 11) is 0. The molecule has 0 amide bonds. The van der Waals surface area contributed by atoms with Gasteiger partial charge in [0.15, 0.2) is 5.65 Å². The molecule has 5 nitrogen and oxygen atoms in total. The standard InChI is InChI=1S/C18H17N5S/c1-11(2)13-5-6-15-14(8-13)16-17(20-15)21-18(23-22-16)24-10-12-4-3-7-19-9-12/h3-9,11H,10H2,1-2H3,(H,20,21,23). The Labute approximate surface area is 143 Å². The van der Waals surface area contributed by atoms with Gasteiger partial charge in [0.2, 0.25) is 5.16 Å². The average molecular weight is 335 g/mol. The zero-order valence-electron chi connectivity index (χ0n) is 13.5. The Kier molecular flexibility index (Phi) is 3.90. The van der Waals surface area contributed by atoms with Crippen molar-refractivity contribution in [1.29, 1.82) is 0 Å². The molecule has 0 atom stereocenters. The quantitative estimate of drug-likeness (QED) is 0.563. The topological polar surface area (TPSA) is 67.3 Å². The highest BCUT2D eigenvalue weighted by Crippen LogP contribution is 2.27. The van der Waals surface area contributed by atoms with E-state index in [1.807, 2.05) is 18.3 Å². The van der Waals surface area contributed by atoms with Crippen molar-refractivity contribution in [2.75, 3.05) is 0 Å². The van der Waals surface area contributed by atoms with Crippen molar-refractivity contribution in [1.82, 2.24) is 25.1 Å². The van der Waals surface area contributed by atoms with Crippen molar-refractivity contribution in [3.8, 4) is 0 Å². The first-order chi connectivity index (χ1) is 11.7. The highest BCUT2D eigenvalue weighted by Gasteiger charge is 2.11. The molecule has 1 N–H and O–H groups in total. The zero-order valence-corrected chi connectivity index (χ0v) is 14.3. The Morgan fingerprint density at radius 2 is 2.08 bits per heavy atom. The van der Waals surface area contributed by atoms with Crippen LogP contribution in [0.25, 0.3) is 22.1 Å². The smallest absolute Gasteiger partial charge is 0.211 e. The van der Waals surface area contributed by atoms with Crippen LogP contribution < -0.4 is 0 Å². The summed E-state index contributed by atoms with van der Waals surface area (Å²) in [4.78, 5) is 12.1. The van der Waals surface area contributed by atoms with E-state index >= 15 is 0 Å². The third kappa shape index (κ3) is 2.85. The molecule has 120 valence electrons. The molecule has 0 aliphatic carbocycles. The van der Waals surface area contributed by atoms with E-state index < -0.39 is 0 Å². The van der Waals surface area contributed by atoms with Gasteiger partial charge in [-0.2, -0.15) is 0 Å². The Morgan fingerprint density at radius 1 is 1.17 bits per heavy atom. The van der Waals surface area contributed by atoms with Gasteiger partial charge < -0.3 is 4.98 Å². The first-order valence-corrected chi connectivity index (χ1v) is 8.87. The van der Waals surface area contributed by atoms with Crippen molar-refractivity contribution < 1.29 is 0 Å². The van der Waals surface area contributed by atoms with Crippen LogP contribution in [0, 0.1) is 0 Å². The van der Waals surface area contributed by atoms with Crippen LogP contribution in [-0.4, -0.2) is 25.1 Å². The minimum atomic E-state index is 0.481. The summed E-state index contributed by atoms with van der Waals surface area (Å²) in [5.74, 6) is 1.26. The molecule has 24 heavy (non-hydrogen) atoms. The average Bonchev–Trinajstić information content (AvgIpc) is 2.97. The zero-order chi connectivity index (χ0) is 16.5. The van der Waals surface area contributed by atoms with Gasteiger partial charge >= 0.3 is 0 Å². The second-order valence-electron chi connectivity index (χ2n) is 6.03. The van der Waals surface area contributed by atoms with Gasteiger partial charge in [0.05, 0.1) is 0 Å². The fourth-order valence-corrected chi connectivity index (χ4v) is 3.35. The number of aromatic amines is 1. The molecule has 0 unspecified atom stereocenters. The lowest BCUT2D eigenvalue weighted by Crippen LogP contribution is -1.92. The summed E-state index contributed by atoms with van der Waals surface area (Å²) in [6.07, 6.45) is 3.63. The van der Waals surface area contributed by atoms with Gasteiger partial charge in [-0.15, -0.1) is 10.2 Å². The summed E-state index contributed by atoms with van der Waals surface area (Å²) in [6, 6.07) is 10.4. The Hall–Kier alpha value is -2.47. The van der Waals surface area contributed by atoms with Gasteiger partial charge in [0, 0.05) is 29.0 Å². The third-order valence-corrected chi connectivity index (χ3v) is 4.89. The van der Waals surface area contributed by atoms with E-state index in [0.717, 1.165) is 33.4 Å². The van der Waals surface area contributed by atoms with Crippen LogP contribution in [0.3, 0.4) is 0 Å². The maximum atomic E-state index is 4.62. The number of H-pyrrole nitrogens is 1. The number of rotatable bonds is 4. The van der Waals surface area contributed by atoms with E-state index in [-0.39, 0.29) is 0 Å². The summed E-state index contributed by atoms with van der Waals surface area (Å²) >= 11 is 1.56. The molecule has 0 spiro atoms. The number of hydrogen-bond acceptors (Lipinski definition) is 5. The van der Waals surface area contributed by atoms with Gasteiger partial charge in [-0.25, -0.2) is 4.98 Å². The molecule has 3 aromatic heterocycles. The molecule has 1 aromatic carbocycles. The summed E-state index contributed by atoms with van der Waals surface area (Å²) in [6.45, 7) is 4.38. The van der Waals surface area contributed by atoms with E-state index in [9.17, 15) is 0 Å². The molecule has 0 bridgehead atoms. The molecule has 0 aliphatic rings. The van der Waals surface area contributed by atoms with Crippen molar-refractivity contribution in [3.63, 3.8) is 0 Å². The molecule has 0 saturated heterocycles. The van der Waals surface area contributed by atoms with Crippen LogP contribution in [0.4, 0.5) is 0 Å². The normalized spacial score (nSPS) is 11.6. The number of pyridine rings is 1. The summed E-state index contributed by atoms with van der Waals surface area (Å²) in [5.41, 5.74) is 5.10. The lowest BCUT2D eigenvalue weighted by molar-refractivity contribution is 0.868. The van der Waals surface area contributed by atoms with Gasteiger partial charge in [-0.1, -0.05) is 37.7 Å². The molecular formula is C18H17N5S. The minimum absolute atomic E-state index is 0.481. The van der Waals surface area contributed by atoms with Crippen LogP contribution >= 0.6 is 11.8 Å². The third-order valence-electron chi connectivity index (χ3n) is 3.98. The number of nitrogens with zero attached hydrogens (tertiary/aromatic N) is 4. The fourth-order valence-electron chi connectivity index (χ4n) is 2.63. The molecule has 4 aromatic rings. The molecule has 0 aliphatic heterocycles. The molecule has 0 saturated carbocycles. The molecule has 4 rings (SSSR count). The second-order valence-corrected chi connectivity index (χ2v) is 6.97. The lowest BCUT2D eigenvalue weighted by atomic mass is 10.0. The second kappa shape index (κ2) is 6.20. The first kappa shape index (κ1) is 15.1. The van der Waals surface area contributed by atoms with Crippen molar-refractivity contribution in [2.24, 2.45) is 0 Å². The molecule has 0 fully saturated rings. The number of thioether (sulfide) groups is 1. The van der Waals surface area contributed by atoms with Crippen LogP contribution in [-0.2, 0) is 5.75 Å². The van der Waals surface area contributed by atoms with Crippen LogP contribution in [0.2, 0.25) is 0 Å². The van der Waals surface area contributed by atoms with E-state index in [0.29, 0.717) is 11.1 Å². The molecule has 0 radical (unpaired) electrons. The van der Waals surface area contributed by atoms with Gasteiger partial charge in [0.1, 0.15) is 5.52 Å². The summed E-state index contributed by atoms with van der Waals surface area (Å²) in [5, 5.41) is 10.4. The molecular weight excluding hydrogens is 318 g/mol. The van der Waals surface area contributed by atoms with E-state index in [2.05, 4.69) is 57.2 Å². The number of aromatic nitrogens is 5. The van der Waals surface area contributed by atoms with Crippen molar-refractivity contribution in [3.05, 3.63) is 53.9 Å². The van der Waals surface area contributed by atoms with Gasteiger partial charge in [-0.05, 0) is 35.2 Å². The largest absolute Gasteiger partial charge is 0.338 e. The predicted octanol–water partition coefficient (Wildman–Crippen LogP) is 4.32. The van der Waals surface area contributed by atoms with Crippen molar-refractivity contribution in [2.45, 2.75) is 30.7 Å². The molecule has 6 heteroatoms. The monoisotopic (exact) mass is 335 g/mol. The van der Waals surface area contributed by atoms with Crippen LogP contribution in [0.15, 0.2) is 47.9 Å². The number of hydrogen-bond donors (Lipinski definition) is 1. The summed E-state index contributed by atoms with van der Waals surface area (Å²) < 4.78 is 0. The highest BCUT2D eigenvalue weighted by atomic mass is 32.2. The Bertz CT molecular complexity index is 994. The van der Waals surface area contributed by atoms with Crippen LogP contribution in [0.1, 0.15) is 30.9 Å². The Morgan fingerprint density at radius 3 is 2.88 bits per heavy atom. The number of fused-ring (bicyclic) bond motifs is 3. The fraction of sp³-hybridized carbons (Fsp3) is 0.222.